The minimum Gasteiger partial charge on any atom is -0.487 e. The van der Waals surface area contributed by atoms with Gasteiger partial charge in [-0.25, -0.2) is 0 Å². The summed E-state index contributed by atoms with van der Waals surface area (Å²) >= 11 is 0. The SMILES string of the molecule is CCCOC(=O)C(C)(C)C(=O)Oc1ccccc1OC(C)C. The molecule has 1 aromatic rings. The van der Waals surface area contributed by atoms with Crippen LogP contribution in [0, 0.1) is 5.41 Å². The number of carbonyl (C=O) groups excluding carboxylic acids is 2. The van der Waals surface area contributed by atoms with E-state index in [2.05, 4.69) is 0 Å². The lowest BCUT2D eigenvalue weighted by molar-refractivity contribution is -0.164. The van der Waals surface area contributed by atoms with Crippen LogP contribution in [0.3, 0.4) is 0 Å². The average molecular weight is 308 g/mol. The van der Waals surface area contributed by atoms with E-state index in [1.165, 1.54) is 13.8 Å². The molecule has 0 aromatic heterocycles. The van der Waals surface area contributed by atoms with E-state index in [0.29, 0.717) is 12.2 Å². The summed E-state index contributed by atoms with van der Waals surface area (Å²) in [5.74, 6) is -0.517. The van der Waals surface area contributed by atoms with Gasteiger partial charge in [0.2, 0.25) is 0 Å². The van der Waals surface area contributed by atoms with E-state index >= 15 is 0 Å². The van der Waals surface area contributed by atoms with E-state index in [-0.39, 0.29) is 18.5 Å². The van der Waals surface area contributed by atoms with Crippen molar-refractivity contribution in [2.75, 3.05) is 6.61 Å². The molecule has 0 heterocycles. The second-order valence-corrected chi connectivity index (χ2v) is 5.76. The van der Waals surface area contributed by atoms with Gasteiger partial charge in [-0.2, -0.15) is 0 Å². The van der Waals surface area contributed by atoms with Crippen molar-refractivity contribution >= 4 is 11.9 Å². The molecule has 0 bridgehead atoms. The predicted octanol–water partition coefficient (Wildman–Crippen LogP) is 3.36. The molecule has 1 rings (SSSR count). The first-order chi connectivity index (χ1) is 10.3. The quantitative estimate of drug-likeness (QED) is 0.439. The first-order valence-electron chi connectivity index (χ1n) is 7.44. The van der Waals surface area contributed by atoms with E-state index in [0.717, 1.165) is 0 Å². The predicted molar refractivity (Wildman–Crippen MR) is 82.9 cm³/mol. The third kappa shape index (κ3) is 4.76. The fraction of sp³-hybridized carbons (Fsp3) is 0.529. The topological polar surface area (TPSA) is 61.8 Å². The molecule has 0 radical (unpaired) electrons. The highest BCUT2D eigenvalue weighted by molar-refractivity contribution is 6.00. The van der Waals surface area contributed by atoms with Gasteiger partial charge in [0.1, 0.15) is 0 Å². The summed E-state index contributed by atoms with van der Waals surface area (Å²) in [6, 6.07) is 6.86. The summed E-state index contributed by atoms with van der Waals surface area (Å²) in [5, 5.41) is 0. The normalized spacial score (nSPS) is 11.2. The number of hydrogen-bond donors (Lipinski definition) is 0. The van der Waals surface area contributed by atoms with Crippen molar-refractivity contribution in [2.24, 2.45) is 5.41 Å². The van der Waals surface area contributed by atoms with Crippen molar-refractivity contribution in [1.29, 1.82) is 0 Å². The molecular weight excluding hydrogens is 284 g/mol. The summed E-state index contributed by atoms with van der Waals surface area (Å²) < 4.78 is 16.0. The van der Waals surface area contributed by atoms with E-state index < -0.39 is 17.4 Å². The van der Waals surface area contributed by atoms with Gasteiger partial charge < -0.3 is 14.2 Å². The zero-order valence-electron chi connectivity index (χ0n) is 13.8. The molecule has 122 valence electrons. The summed E-state index contributed by atoms with van der Waals surface area (Å²) in [6.07, 6.45) is 0.643. The smallest absolute Gasteiger partial charge is 0.328 e. The molecule has 5 nitrogen and oxygen atoms in total. The number of carbonyl (C=O) groups is 2. The number of benzene rings is 1. The summed E-state index contributed by atoms with van der Waals surface area (Å²) in [6.45, 7) is 8.90. The van der Waals surface area contributed by atoms with Crippen molar-refractivity contribution in [3.05, 3.63) is 24.3 Å². The van der Waals surface area contributed by atoms with Crippen LogP contribution in [0.15, 0.2) is 24.3 Å². The Balaban J connectivity index is 2.85. The van der Waals surface area contributed by atoms with E-state index in [1.54, 1.807) is 24.3 Å². The van der Waals surface area contributed by atoms with E-state index in [9.17, 15) is 9.59 Å². The molecule has 1 aromatic carbocycles. The van der Waals surface area contributed by atoms with Crippen LogP contribution in [-0.4, -0.2) is 24.6 Å². The van der Waals surface area contributed by atoms with Gasteiger partial charge in [0, 0.05) is 0 Å². The zero-order chi connectivity index (χ0) is 16.8. The van der Waals surface area contributed by atoms with Crippen molar-refractivity contribution in [3.63, 3.8) is 0 Å². The summed E-state index contributed by atoms with van der Waals surface area (Å²) in [5.41, 5.74) is -1.37. The Morgan fingerprint density at radius 3 is 2.23 bits per heavy atom. The maximum atomic E-state index is 12.3. The molecule has 0 aliphatic heterocycles. The number of hydrogen-bond acceptors (Lipinski definition) is 5. The Morgan fingerprint density at radius 1 is 1.09 bits per heavy atom. The molecule has 0 saturated carbocycles. The molecule has 0 fully saturated rings. The summed E-state index contributed by atoms with van der Waals surface area (Å²) in [4.78, 5) is 24.3. The number of esters is 2. The van der Waals surface area contributed by atoms with Gasteiger partial charge >= 0.3 is 11.9 Å². The van der Waals surface area contributed by atoms with Crippen LogP contribution >= 0.6 is 0 Å². The molecule has 0 aliphatic rings. The van der Waals surface area contributed by atoms with Crippen LogP contribution in [-0.2, 0) is 14.3 Å². The van der Waals surface area contributed by atoms with Crippen LogP contribution in [0.5, 0.6) is 11.5 Å². The Kier molecular flexibility index (Phi) is 6.40. The lowest BCUT2D eigenvalue weighted by atomic mass is 9.94. The van der Waals surface area contributed by atoms with Crippen LogP contribution in [0.25, 0.3) is 0 Å². The van der Waals surface area contributed by atoms with E-state index in [4.69, 9.17) is 14.2 Å². The van der Waals surface area contributed by atoms with Gasteiger partial charge in [0.25, 0.3) is 0 Å². The monoisotopic (exact) mass is 308 g/mol. The van der Waals surface area contributed by atoms with Gasteiger partial charge in [-0.3, -0.25) is 9.59 Å². The molecule has 5 heteroatoms. The second kappa shape index (κ2) is 7.82. The van der Waals surface area contributed by atoms with Crippen molar-refractivity contribution in [1.82, 2.24) is 0 Å². The maximum absolute atomic E-state index is 12.3. The van der Waals surface area contributed by atoms with Crippen molar-refractivity contribution in [2.45, 2.75) is 47.1 Å². The first-order valence-corrected chi connectivity index (χ1v) is 7.44. The molecule has 0 saturated heterocycles. The first kappa shape index (κ1) is 18.0. The van der Waals surface area contributed by atoms with Crippen LogP contribution in [0.1, 0.15) is 41.0 Å². The lowest BCUT2D eigenvalue weighted by Gasteiger charge is -2.21. The molecule has 0 unspecified atom stereocenters. The molecule has 0 atom stereocenters. The fourth-order valence-corrected chi connectivity index (χ4v) is 1.57. The van der Waals surface area contributed by atoms with Gasteiger partial charge in [0.05, 0.1) is 12.7 Å². The Labute approximate surface area is 131 Å². The molecule has 0 amide bonds. The van der Waals surface area contributed by atoms with E-state index in [1.807, 2.05) is 20.8 Å². The number of rotatable bonds is 7. The Bertz CT molecular complexity index is 520. The highest BCUT2D eigenvalue weighted by atomic mass is 16.6. The minimum absolute atomic E-state index is 0.0534. The molecule has 0 N–H and O–H groups in total. The fourth-order valence-electron chi connectivity index (χ4n) is 1.57. The molecule has 0 spiro atoms. The number of ether oxygens (including phenoxy) is 3. The zero-order valence-corrected chi connectivity index (χ0v) is 13.8. The highest BCUT2D eigenvalue weighted by Gasteiger charge is 2.40. The highest BCUT2D eigenvalue weighted by Crippen LogP contribution is 2.30. The maximum Gasteiger partial charge on any atom is 0.328 e. The molecule has 0 aliphatic carbocycles. The van der Waals surface area contributed by atoms with Crippen LogP contribution in [0.4, 0.5) is 0 Å². The van der Waals surface area contributed by atoms with Gasteiger partial charge in [-0.1, -0.05) is 19.1 Å². The van der Waals surface area contributed by atoms with Gasteiger partial charge in [-0.15, -0.1) is 0 Å². The Morgan fingerprint density at radius 2 is 1.68 bits per heavy atom. The molecule has 22 heavy (non-hydrogen) atoms. The minimum atomic E-state index is -1.37. The summed E-state index contributed by atoms with van der Waals surface area (Å²) in [7, 11) is 0. The van der Waals surface area contributed by atoms with Gasteiger partial charge in [-0.05, 0) is 46.2 Å². The van der Waals surface area contributed by atoms with Crippen LogP contribution in [0.2, 0.25) is 0 Å². The third-order valence-electron chi connectivity index (χ3n) is 2.87. The number of para-hydroxylation sites is 2. The van der Waals surface area contributed by atoms with Crippen molar-refractivity contribution in [3.8, 4) is 11.5 Å². The third-order valence-corrected chi connectivity index (χ3v) is 2.87. The average Bonchev–Trinajstić information content (AvgIpc) is 2.46. The van der Waals surface area contributed by atoms with Crippen molar-refractivity contribution < 1.29 is 23.8 Å². The largest absolute Gasteiger partial charge is 0.487 e. The lowest BCUT2D eigenvalue weighted by Crippen LogP contribution is -2.38. The second-order valence-electron chi connectivity index (χ2n) is 5.76. The standard InChI is InChI=1S/C17H24O5/c1-6-11-20-15(18)17(4,5)16(19)22-14-10-8-7-9-13(14)21-12(2)3/h7-10,12H,6,11H2,1-5H3. The Hall–Kier alpha value is -2.04. The molecular formula is C17H24O5. The van der Waals surface area contributed by atoms with Crippen LogP contribution < -0.4 is 9.47 Å². The van der Waals surface area contributed by atoms with Gasteiger partial charge in [0.15, 0.2) is 16.9 Å².